The second-order valence-electron chi connectivity index (χ2n) is 5.15. The Morgan fingerprint density at radius 1 is 1.10 bits per heavy atom. The second-order valence-corrected chi connectivity index (χ2v) is 5.15. The maximum atomic E-state index is 5.37. The van der Waals surface area contributed by atoms with Crippen molar-refractivity contribution in [3.8, 4) is 5.75 Å². The quantitative estimate of drug-likeness (QED) is 0.766. The zero-order valence-electron chi connectivity index (χ0n) is 11.8. The molecule has 2 aromatic carbocycles. The minimum absolute atomic E-state index is 0.881. The lowest BCUT2D eigenvalue weighted by Gasteiger charge is -2.07. The Labute approximate surface area is 123 Å². The van der Waals surface area contributed by atoms with E-state index in [0.717, 1.165) is 23.7 Å². The molecule has 104 valence electrons. The number of benzene rings is 2. The van der Waals surface area contributed by atoms with E-state index in [-0.39, 0.29) is 0 Å². The molecule has 0 saturated heterocycles. The smallest absolute Gasteiger partial charge is 0.119 e. The molecule has 3 aromatic rings. The van der Waals surface area contributed by atoms with Gasteiger partial charge in [0.1, 0.15) is 5.75 Å². The highest BCUT2D eigenvalue weighted by atomic mass is 16.5. The third-order valence-electron chi connectivity index (χ3n) is 3.92. The second kappa shape index (κ2) is 4.70. The first-order valence-electron chi connectivity index (χ1n) is 7.05. The Kier molecular flexibility index (Phi) is 2.71. The van der Waals surface area contributed by atoms with Crippen molar-refractivity contribution in [1.82, 2.24) is 4.57 Å². The van der Waals surface area contributed by atoms with Crippen LogP contribution in [-0.4, -0.2) is 11.7 Å². The van der Waals surface area contributed by atoms with Crippen LogP contribution in [0.2, 0.25) is 0 Å². The minimum atomic E-state index is 0.881. The van der Waals surface area contributed by atoms with Crippen molar-refractivity contribution in [2.24, 2.45) is 0 Å². The molecule has 0 amide bonds. The van der Waals surface area contributed by atoms with Gasteiger partial charge in [-0.3, -0.25) is 0 Å². The zero-order valence-corrected chi connectivity index (χ0v) is 11.8. The van der Waals surface area contributed by atoms with E-state index in [9.17, 15) is 0 Å². The van der Waals surface area contributed by atoms with E-state index in [0.29, 0.717) is 0 Å². The molecule has 0 fully saturated rings. The fraction of sp³-hybridized carbons (Fsp3) is 0.111. The fourth-order valence-corrected chi connectivity index (χ4v) is 2.92. The Morgan fingerprint density at radius 3 is 2.76 bits per heavy atom. The van der Waals surface area contributed by atoms with Gasteiger partial charge >= 0.3 is 0 Å². The van der Waals surface area contributed by atoms with Crippen molar-refractivity contribution < 1.29 is 4.74 Å². The van der Waals surface area contributed by atoms with Gasteiger partial charge in [0.05, 0.1) is 24.0 Å². The number of nitrogens with one attached hydrogen (secondary N) is 1. The lowest BCUT2D eigenvalue weighted by Crippen LogP contribution is -1.93. The van der Waals surface area contributed by atoms with Gasteiger partial charge < -0.3 is 14.6 Å². The Morgan fingerprint density at radius 2 is 1.95 bits per heavy atom. The molecule has 0 radical (unpaired) electrons. The van der Waals surface area contributed by atoms with Crippen LogP contribution in [0.3, 0.4) is 0 Å². The summed E-state index contributed by atoms with van der Waals surface area (Å²) in [5, 5.41) is 4.74. The van der Waals surface area contributed by atoms with Crippen LogP contribution in [0.1, 0.15) is 5.69 Å². The SMILES string of the molecule is COc1ccc2c(c1)c(Nc1ccccc1)c1n2CC=C1. The predicted octanol–water partition coefficient (Wildman–Crippen LogP) is 4.42. The number of anilines is 2. The summed E-state index contributed by atoms with van der Waals surface area (Å²) < 4.78 is 7.69. The van der Waals surface area contributed by atoms with E-state index in [1.807, 2.05) is 24.3 Å². The third-order valence-corrected chi connectivity index (χ3v) is 3.92. The largest absolute Gasteiger partial charge is 0.497 e. The van der Waals surface area contributed by atoms with Crippen LogP contribution < -0.4 is 10.1 Å². The molecule has 3 nitrogen and oxygen atoms in total. The summed E-state index contributed by atoms with van der Waals surface area (Å²) in [6.07, 6.45) is 4.37. The van der Waals surface area contributed by atoms with Crippen molar-refractivity contribution in [3.05, 3.63) is 60.3 Å². The van der Waals surface area contributed by atoms with Crippen molar-refractivity contribution in [1.29, 1.82) is 0 Å². The third kappa shape index (κ3) is 1.89. The summed E-state index contributed by atoms with van der Waals surface area (Å²) in [6.45, 7) is 0.925. The van der Waals surface area contributed by atoms with Gasteiger partial charge in [-0.25, -0.2) is 0 Å². The van der Waals surface area contributed by atoms with E-state index in [2.05, 4.69) is 46.3 Å². The van der Waals surface area contributed by atoms with E-state index in [1.165, 1.54) is 16.6 Å². The van der Waals surface area contributed by atoms with Gasteiger partial charge in [-0.15, -0.1) is 0 Å². The van der Waals surface area contributed by atoms with Crippen LogP contribution >= 0.6 is 0 Å². The molecule has 3 heteroatoms. The van der Waals surface area contributed by atoms with Crippen molar-refractivity contribution in [2.75, 3.05) is 12.4 Å². The van der Waals surface area contributed by atoms with Gasteiger partial charge in [0.15, 0.2) is 0 Å². The predicted molar refractivity (Wildman–Crippen MR) is 87.2 cm³/mol. The summed E-state index contributed by atoms with van der Waals surface area (Å²) in [4.78, 5) is 0. The van der Waals surface area contributed by atoms with E-state index in [1.54, 1.807) is 7.11 Å². The highest BCUT2D eigenvalue weighted by Gasteiger charge is 2.18. The summed E-state index contributed by atoms with van der Waals surface area (Å²) in [5.74, 6) is 0.881. The summed E-state index contributed by atoms with van der Waals surface area (Å²) in [7, 11) is 1.70. The lowest BCUT2D eigenvalue weighted by molar-refractivity contribution is 0.415. The van der Waals surface area contributed by atoms with E-state index in [4.69, 9.17) is 4.74 Å². The first-order chi connectivity index (χ1) is 10.4. The number of methoxy groups -OCH3 is 1. The topological polar surface area (TPSA) is 26.2 Å². The Hall–Kier alpha value is -2.68. The first kappa shape index (κ1) is 12.1. The van der Waals surface area contributed by atoms with Crippen molar-refractivity contribution in [3.63, 3.8) is 0 Å². The van der Waals surface area contributed by atoms with Gasteiger partial charge in [0, 0.05) is 17.6 Å². The molecule has 1 aromatic heterocycles. The van der Waals surface area contributed by atoms with Gasteiger partial charge in [0.25, 0.3) is 0 Å². The molecule has 0 saturated carbocycles. The van der Waals surface area contributed by atoms with Gasteiger partial charge in [0.2, 0.25) is 0 Å². The molecule has 1 aliphatic heterocycles. The average molecular weight is 276 g/mol. The van der Waals surface area contributed by atoms with Crippen LogP contribution in [0.4, 0.5) is 11.4 Å². The van der Waals surface area contributed by atoms with Gasteiger partial charge in [-0.2, -0.15) is 0 Å². The molecule has 1 aliphatic rings. The molecule has 1 N–H and O–H groups in total. The Balaban J connectivity index is 1.92. The molecular weight excluding hydrogens is 260 g/mol. The van der Waals surface area contributed by atoms with E-state index >= 15 is 0 Å². The van der Waals surface area contributed by atoms with Crippen LogP contribution in [0.5, 0.6) is 5.75 Å². The standard InChI is InChI=1S/C18H16N2O/c1-21-14-9-10-16-15(12-14)18(17-8-5-11-20(16)17)19-13-6-3-2-4-7-13/h2-10,12,19H,11H2,1H3. The summed E-state index contributed by atoms with van der Waals surface area (Å²) in [5.41, 5.74) is 4.69. The number of hydrogen-bond acceptors (Lipinski definition) is 2. The number of para-hydroxylation sites is 1. The Bertz CT molecular complexity index is 831. The average Bonchev–Trinajstić information content (AvgIpc) is 3.11. The lowest BCUT2D eigenvalue weighted by atomic mass is 10.2. The molecular formula is C18H16N2O. The monoisotopic (exact) mass is 276 g/mol. The van der Waals surface area contributed by atoms with Crippen molar-refractivity contribution >= 4 is 28.4 Å². The molecule has 21 heavy (non-hydrogen) atoms. The number of ether oxygens (including phenoxy) is 1. The molecule has 0 unspecified atom stereocenters. The maximum Gasteiger partial charge on any atom is 0.119 e. The molecule has 4 rings (SSSR count). The fourth-order valence-electron chi connectivity index (χ4n) is 2.92. The van der Waals surface area contributed by atoms with Crippen LogP contribution in [-0.2, 0) is 6.54 Å². The molecule has 2 heterocycles. The highest BCUT2D eigenvalue weighted by Crippen LogP contribution is 2.38. The number of fused-ring (bicyclic) bond motifs is 3. The number of aromatic nitrogens is 1. The summed E-state index contributed by atoms with van der Waals surface area (Å²) >= 11 is 0. The number of allylic oxidation sites excluding steroid dienone is 1. The normalized spacial score (nSPS) is 12.6. The molecule has 0 atom stereocenters. The van der Waals surface area contributed by atoms with Crippen LogP contribution in [0.15, 0.2) is 54.6 Å². The number of hydrogen-bond donors (Lipinski definition) is 1. The molecule has 0 spiro atoms. The highest BCUT2D eigenvalue weighted by molar-refractivity contribution is 6.01. The van der Waals surface area contributed by atoms with Gasteiger partial charge in [-0.1, -0.05) is 24.3 Å². The number of nitrogens with zero attached hydrogens (tertiary/aromatic N) is 1. The molecule has 0 aliphatic carbocycles. The first-order valence-corrected chi connectivity index (χ1v) is 7.05. The summed E-state index contributed by atoms with van der Waals surface area (Å²) in [6, 6.07) is 16.5. The van der Waals surface area contributed by atoms with Crippen LogP contribution in [0.25, 0.3) is 17.0 Å². The maximum absolute atomic E-state index is 5.37. The van der Waals surface area contributed by atoms with E-state index < -0.39 is 0 Å². The van der Waals surface area contributed by atoms with Crippen molar-refractivity contribution in [2.45, 2.75) is 6.54 Å². The zero-order chi connectivity index (χ0) is 14.2. The minimum Gasteiger partial charge on any atom is -0.497 e. The molecule has 0 bridgehead atoms. The van der Waals surface area contributed by atoms with Gasteiger partial charge in [-0.05, 0) is 36.4 Å². The van der Waals surface area contributed by atoms with Crippen LogP contribution in [0, 0.1) is 0 Å². The number of rotatable bonds is 3.